The maximum absolute atomic E-state index is 14.1. The van der Waals surface area contributed by atoms with Crippen LogP contribution in [0.1, 0.15) is 75.3 Å². The SMILES string of the molecule is Cc1cc(F)ccc1-c1sc(N2CCC(OCC(=O)OC(C)(C)C)CC2)c(C#N)c1NCC(=O)C(C)(C)c1cc(C(F)(F)F)cc(C(F)(F)F)c1. The predicted octanol–water partition coefficient (Wildman–Crippen LogP) is 9.06. The summed E-state index contributed by atoms with van der Waals surface area (Å²) in [5.41, 5.74) is -4.55. The number of hydrogen-bond donors (Lipinski definition) is 1. The number of benzene rings is 2. The molecule has 3 aromatic rings. The highest BCUT2D eigenvalue weighted by Gasteiger charge is 2.40. The van der Waals surface area contributed by atoms with E-state index in [0.29, 0.717) is 59.1 Å². The average molecular weight is 742 g/mol. The first kappa shape index (κ1) is 39.6. The van der Waals surface area contributed by atoms with Gasteiger partial charge in [-0.05, 0) is 101 Å². The highest BCUT2D eigenvalue weighted by Crippen LogP contribution is 2.47. The topological polar surface area (TPSA) is 91.7 Å². The number of nitrogens with one attached hydrogen (secondary N) is 1. The molecule has 1 saturated heterocycles. The number of aryl methyl sites for hydroxylation is 1. The number of rotatable bonds is 10. The Balaban J connectivity index is 1.63. The standard InChI is InChI=1S/C36H38F7N3O4S/c1-20-13-24(37)7-8-26(20)31-30(27(17-44)32(51-31)46-11-9-25(10-12-46)49-19-29(48)50-33(2,3)4)45-18-28(47)34(5,6)21-14-22(35(38,39)40)16-23(15-21)36(41,42)43/h7-8,13-16,25,45H,9-12,18-19H2,1-6H3. The monoisotopic (exact) mass is 741 g/mol. The Morgan fingerprint density at radius 1 is 0.941 bits per heavy atom. The molecule has 0 radical (unpaired) electrons. The summed E-state index contributed by atoms with van der Waals surface area (Å²) in [5.74, 6) is -1.72. The number of anilines is 2. The van der Waals surface area contributed by atoms with Crippen molar-refractivity contribution in [1.29, 1.82) is 5.26 Å². The average Bonchev–Trinajstić information content (AvgIpc) is 3.39. The molecule has 15 heteroatoms. The van der Waals surface area contributed by atoms with Crippen molar-refractivity contribution in [3.05, 3.63) is 70.0 Å². The number of carbonyl (C=O) groups excluding carboxylic acids is 2. The molecule has 0 saturated carbocycles. The fraction of sp³-hybridized carbons (Fsp3) is 0.472. The van der Waals surface area contributed by atoms with Crippen LogP contribution in [0, 0.1) is 24.1 Å². The van der Waals surface area contributed by atoms with Crippen molar-refractivity contribution in [2.45, 2.75) is 83.9 Å². The minimum absolute atomic E-state index is 0.00164. The maximum atomic E-state index is 14.1. The molecule has 1 N–H and O–H groups in total. The lowest BCUT2D eigenvalue weighted by Crippen LogP contribution is -2.38. The molecule has 2 aromatic carbocycles. The Morgan fingerprint density at radius 3 is 2.02 bits per heavy atom. The smallest absolute Gasteiger partial charge is 0.416 e. The Labute approximate surface area is 295 Å². The lowest BCUT2D eigenvalue weighted by atomic mass is 9.79. The summed E-state index contributed by atoms with van der Waals surface area (Å²) >= 11 is 1.22. The largest absolute Gasteiger partial charge is 0.458 e. The maximum Gasteiger partial charge on any atom is 0.416 e. The molecule has 51 heavy (non-hydrogen) atoms. The minimum atomic E-state index is -5.09. The number of esters is 1. The van der Waals surface area contributed by atoms with E-state index < -0.39 is 64.2 Å². The van der Waals surface area contributed by atoms with E-state index in [9.17, 15) is 45.6 Å². The number of nitrogens with zero attached hydrogens (tertiary/aromatic N) is 2. The molecule has 2 heterocycles. The number of halogens is 7. The molecular weight excluding hydrogens is 703 g/mol. The van der Waals surface area contributed by atoms with Crippen molar-refractivity contribution in [3.63, 3.8) is 0 Å². The number of thiophene rings is 1. The molecule has 276 valence electrons. The van der Waals surface area contributed by atoms with Crippen LogP contribution in [0.25, 0.3) is 10.4 Å². The lowest BCUT2D eigenvalue weighted by molar-refractivity contribution is -0.162. The van der Waals surface area contributed by atoms with Gasteiger partial charge in [0.05, 0.1) is 39.8 Å². The van der Waals surface area contributed by atoms with Crippen LogP contribution in [0.2, 0.25) is 0 Å². The van der Waals surface area contributed by atoms with Crippen LogP contribution in [0.4, 0.5) is 41.4 Å². The zero-order valence-corrected chi connectivity index (χ0v) is 29.7. The van der Waals surface area contributed by atoms with Crippen molar-refractivity contribution < 1.29 is 49.8 Å². The van der Waals surface area contributed by atoms with E-state index >= 15 is 0 Å². The second kappa shape index (κ2) is 14.8. The molecule has 0 bridgehead atoms. The third-order valence-electron chi connectivity index (χ3n) is 8.45. The molecule has 7 nitrogen and oxygen atoms in total. The number of nitriles is 1. The second-order valence-corrected chi connectivity index (χ2v) is 14.8. The van der Waals surface area contributed by atoms with E-state index in [-0.39, 0.29) is 30.0 Å². The second-order valence-electron chi connectivity index (χ2n) is 13.8. The number of piperidine rings is 1. The molecule has 0 aliphatic carbocycles. The van der Waals surface area contributed by atoms with E-state index in [4.69, 9.17) is 9.47 Å². The van der Waals surface area contributed by atoms with Gasteiger partial charge >= 0.3 is 18.3 Å². The Hall–Kier alpha value is -4.16. The number of alkyl halides is 6. The van der Waals surface area contributed by atoms with Crippen molar-refractivity contribution in [2.24, 2.45) is 0 Å². The summed E-state index contributed by atoms with van der Waals surface area (Å²) in [6.07, 6.45) is -9.40. The van der Waals surface area contributed by atoms with E-state index in [1.807, 2.05) is 4.90 Å². The molecule has 1 aliphatic rings. The van der Waals surface area contributed by atoms with Crippen molar-refractivity contribution in [1.82, 2.24) is 0 Å². The van der Waals surface area contributed by atoms with Crippen molar-refractivity contribution in [3.8, 4) is 16.5 Å². The quantitative estimate of drug-likeness (QED) is 0.164. The van der Waals surface area contributed by atoms with Gasteiger partial charge in [-0.1, -0.05) is 6.07 Å². The van der Waals surface area contributed by atoms with Gasteiger partial charge in [-0.15, -0.1) is 11.3 Å². The molecular formula is C36H38F7N3O4S. The summed E-state index contributed by atoms with van der Waals surface area (Å²) in [6, 6.07) is 7.31. The fourth-order valence-electron chi connectivity index (χ4n) is 5.63. The summed E-state index contributed by atoms with van der Waals surface area (Å²) in [5, 5.41) is 13.9. The summed E-state index contributed by atoms with van der Waals surface area (Å²) < 4.78 is 107. The molecule has 0 unspecified atom stereocenters. The Kier molecular flexibility index (Phi) is 11.5. The molecule has 0 atom stereocenters. The number of ketones is 1. The first-order valence-electron chi connectivity index (χ1n) is 16.0. The molecule has 1 aromatic heterocycles. The van der Waals surface area contributed by atoms with Gasteiger partial charge in [-0.25, -0.2) is 9.18 Å². The van der Waals surface area contributed by atoms with Crippen LogP contribution in [0.3, 0.4) is 0 Å². The van der Waals surface area contributed by atoms with Crippen LogP contribution in [-0.2, 0) is 36.8 Å². The van der Waals surface area contributed by atoms with E-state index in [1.54, 1.807) is 27.7 Å². The first-order chi connectivity index (χ1) is 23.5. The molecule has 0 amide bonds. The number of Topliss-reactive ketones (excluding diaryl/α,β-unsaturated/α-hetero) is 1. The zero-order chi connectivity index (χ0) is 38.1. The van der Waals surface area contributed by atoms with E-state index in [2.05, 4.69) is 11.4 Å². The highest BCUT2D eigenvalue weighted by molar-refractivity contribution is 7.20. The number of ether oxygens (including phenoxy) is 2. The normalized spacial score (nSPS) is 14.7. The van der Waals surface area contributed by atoms with Crippen molar-refractivity contribution >= 4 is 33.8 Å². The van der Waals surface area contributed by atoms with Crippen LogP contribution < -0.4 is 10.2 Å². The zero-order valence-electron chi connectivity index (χ0n) is 28.9. The van der Waals surface area contributed by atoms with Gasteiger partial charge in [0.1, 0.15) is 34.7 Å². The molecule has 1 aliphatic heterocycles. The van der Waals surface area contributed by atoms with Gasteiger partial charge in [-0.3, -0.25) is 4.79 Å². The van der Waals surface area contributed by atoms with Gasteiger partial charge in [0.2, 0.25) is 0 Å². The van der Waals surface area contributed by atoms with Gasteiger partial charge in [0.15, 0.2) is 5.78 Å². The van der Waals surface area contributed by atoms with Crippen LogP contribution in [0.5, 0.6) is 0 Å². The summed E-state index contributed by atoms with van der Waals surface area (Å²) in [4.78, 5) is 28.2. The number of carbonyl (C=O) groups is 2. The minimum Gasteiger partial charge on any atom is -0.458 e. The van der Waals surface area contributed by atoms with E-state index in [1.165, 1.54) is 43.4 Å². The van der Waals surface area contributed by atoms with Crippen LogP contribution >= 0.6 is 11.3 Å². The Morgan fingerprint density at radius 2 is 1.51 bits per heavy atom. The predicted molar refractivity (Wildman–Crippen MR) is 179 cm³/mol. The van der Waals surface area contributed by atoms with Crippen LogP contribution in [-0.4, -0.2) is 49.7 Å². The van der Waals surface area contributed by atoms with Crippen molar-refractivity contribution in [2.75, 3.05) is 36.5 Å². The van der Waals surface area contributed by atoms with Crippen LogP contribution in [0.15, 0.2) is 36.4 Å². The van der Waals surface area contributed by atoms with E-state index in [0.717, 1.165) is 0 Å². The van der Waals surface area contributed by atoms with Gasteiger partial charge in [0, 0.05) is 13.1 Å². The fourth-order valence-corrected chi connectivity index (χ4v) is 7.00. The third-order valence-corrected chi connectivity index (χ3v) is 9.74. The first-order valence-corrected chi connectivity index (χ1v) is 16.8. The lowest BCUT2D eigenvalue weighted by Gasteiger charge is -2.32. The molecule has 0 spiro atoms. The number of hydrogen-bond acceptors (Lipinski definition) is 8. The van der Waals surface area contributed by atoms with Gasteiger partial charge in [0.25, 0.3) is 0 Å². The summed E-state index contributed by atoms with van der Waals surface area (Å²) in [7, 11) is 0. The highest BCUT2D eigenvalue weighted by atomic mass is 32.1. The summed E-state index contributed by atoms with van der Waals surface area (Å²) in [6.45, 7) is 9.51. The third kappa shape index (κ3) is 9.59. The molecule has 1 fully saturated rings. The van der Waals surface area contributed by atoms with Gasteiger partial charge in [-0.2, -0.15) is 31.6 Å². The Bertz CT molecular complexity index is 1780. The molecule has 4 rings (SSSR count). The van der Waals surface area contributed by atoms with Gasteiger partial charge < -0.3 is 19.7 Å².